The van der Waals surface area contributed by atoms with Crippen molar-refractivity contribution in [2.24, 2.45) is 5.41 Å². The Morgan fingerprint density at radius 2 is 2.05 bits per heavy atom. The number of hydrogen-bond donors (Lipinski definition) is 3. The number of nitrogen functional groups attached to an aromatic ring is 1. The zero-order chi connectivity index (χ0) is 27.6. The van der Waals surface area contributed by atoms with Crippen molar-refractivity contribution >= 4 is 46.7 Å². The van der Waals surface area contributed by atoms with Gasteiger partial charge in [-0.05, 0) is 27.7 Å². The van der Waals surface area contributed by atoms with E-state index in [-0.39, 0.29) is 22.9 Å². The minimum Gasteiger partial charge on any atom is -0.437 e. The highest BCUT2D eigenvalue weighted by molar-refractivity contribution is 7.88. The summed E-state index contributed by atoms with van der Waals surface area (Å²) in [7, 11) is -6.49. The highest BCUT2D eigenvalue weighted by atomic mass is 32.2. The Balaban J connectivity index is 1.55. The molecule has 0 amide bonds. The lowest BCUT2D eigenvalue weighted by Gasteiger charge is -2.28. The molecule has 4 heterocycles. The topological polar surface area (TPSA) is 220 Å². The van der Waals surface area contributed by atoms with Gasteiger partial charge in [-0.3, -0.25) is 23.4 Å². The Morgan fingerprint density at radius 3 is 2.65 bits per heavy atom. The number of aliphatic hydroxyl groups is 1. The lowest BCUT2D eigenvalue weighted by molar-refractivity contribution is -0.161. The average Bonchev–Trinajstić information content (AvgIpc) is 3.36. The molecule has 1 unspecified atom stereocenters. The van der Waals surface area contributed by atoms with Crippen molar-refractivity contribution in [2.75, 3.05) is 30.8 Å². The smallest absolute Gasteiger partial charge is 0.437 e. The van der Waals surface area contributed by atoms with Gasteiger partial charge in [0.2, 0.25) is 29.1 Å². The van der Waals surface area contributed by atoms with Crippen LogP contribution >= 0.6 is 7.82 Å². The summed E-state index contributed by atoms with van der Waals surface area (Å²) in [5, 5.41) is 12.4. The molecule has 4 N–H and O–H groups in total. The van der Waals surface area contributed by atoms with Gasteiger partial charge in [-0.1, -0.05) is 0 Å². The predicted molar refractivity (Wildman–Crippen MR) is 126 cm³/mol. The maximum absolute atomic E-state index is 12.9. The first-order chi connectivity index (χ1) is 16.9. The molecular weight excluding hydrogens is 537 g/mol. The number of aromatic nitrogens is 4. The van der Waals surface area contributed by atoms with E-state index >= 15 is 0 Å². The van der Waals surface area contributed by atoms with E-state index in [1.54, 1.807) is 20.8 Å². The van der Waals surface area contributed by atoms with Crippen LogP contribution in [-0.4, -0.2) is 77.1 Å². The molecular formula is C18H28N7O10PS. The van der Waals surface area contributed by atoms with Crippen LogP contribution in [0.25, 0.3) is 11.2 Å². The van der Waals surface area contributed by atoms with E-state index in [2.05, 4.69) is 19.8 Å². The summed E-state index contributed by atoms with van der Waals surface area (Å²) in [4.78, 5) is 26.5. The Kier molecular flexibility index (Phi) is 6.78. The monoisotopic (exact) mass is 565 g/mol. The van der Waals surface area contributed by atoms with Crippen molar-refractivity contribution in [3.63, 3.8) is 0 Å². The van der Waals surface area contributed by atoms with Gasteiger partial charge in [-0.25, -0.2) is 22.5 Å². The molecule has 2 saturated heterocycles. The number of phosphoric ester groups is 1. The van der Waals surface area contributed by atoms with Gasteiger partial charge in [-0.15, -0.1) is 4.83 Å². The van der Waals surface area contributed by atoms with Gasteiger partial charge in [0, 0.05) is 7.05 Å². The van der Waals surface area contributed by atoms with Gasteiger partial charge in [0.15, 0.2) is 29.3 Å². The number of hydrogen-bond acceptors (Lipinski definition) is 15. The summed E-state index contributed by atoms with van der Waals surface area (Å²) in [6.07, 6.45) is -1.57. The Bertz CT molecular complexity index is 1370. The lowest BCUT2D eigenvalue weighted by atomic mass is 9.98. The van der Waals surface area contributed by atoms with Crippen molar-refractivity contribution in [1.29, 1.82) is 0 Å². The fourth-order valence-electron chi connectivity index (χ4n) is 3.66. The van der Waals surface area contributed by atoms with Gasteiger partial charge in [0.25, 0.3) is 0 Å². The molecule has 19 heteroatoms. The van der Waals surface area contributed by atoms with Crippen LogP contribution in [0.5, 0.6) is 0 Å². The van der Waals surface area contributed by atoms with Gasteiger partial charge in [-0.2, -0.15) is 9.97 Å². The standard InChI is InChI=1S/C18H28N7O10PS/c1-17(2,3)15(26)31-8-32-36(28)34-10-13(35-36)33-14(18(10,4)27)25-7-20-9-11(21-16(19)22-12(9)25)24(5)23-37(6,29)30/h7,10,13-14,23,27H,8H2,1-6H3,(H2,19,21,22)/t10-,13-,14-,18-,36?/m1/s1. The minimum absolute atomic E-state index is 0.0414. The number of sulfonamides is 1. The van der Waals surface area contributed by atoms with Crippen molar-refractivity contribution in [3.05, 3.63) is 6.33 Å². The molecule has 206 valence electrons. The van der Waals surface area contributed by atoms with Crippen molar-refractivity contribution in [1.82, 2.24) is 24.4 Å². The fraction of sp³-hybridized carbons (Fsp3) is 0.667. The van der Waals surface area contributed by atoms with E-state index in [0.29, 0.717) is 0 Å². The molecule has 0 spiro atoms. The van der Waals surface area contributed by atoms with Gasteiger partial charge in [0.1, 0.15) is 5.60 Å². The SMILES string of the molecule is CN(NS(C)(=O)=O)c1nc(N)nc2c1ncn2[C@@H]1O[C@@H]2OP(=O)(OCOC(=O)C(C)(C)C)O[C@H]2[C@@]1(C)O. The molecule has 5 atom stereocenters. The number of rotatable bonds is 7. The van der Waals surface area contributed by atoms with E-state index in [9.17, 15) is 22.9 Å². The predicted octanol–water partition coefficient (Wildman–Crippen LogP) is 0.00170. The quantitative estimate of drug-likeness (QED) is 0.174. The van der Waals surface area contributed by atoms with Gasteiger partial charge >= 0.3 is 13.8 Å². The first-order valence-electron chi connectivity index (χ1n) is 10.8. The molecule has 2 aliphatic heterocycles. The second-order valence-electron chi connectivity index (χ2n) is 9.74. The summed E-state index contributed by atoms with van der Waals surface area (Å²) >= 11 is 0. The molecule has 4 rings (SSSR count). The number of ether oxygens (including phenoxy) is 2. The number of fused-ring (bicyclic) bond motifs is 2. The van der Waals surface area contributed by atoms with Crippen LogP contribution in [0.1, 0.15) is 33.9 Å². The molecule has 2 fully saturated rings. The lowest BCUT2D eigenvalue weighted by Crippen LogP contribution is -2.43. The van der Waals surface area contributed by atoms with E-state index in [1.807, 2.05) is 0 Å². The number of esters is 1. The third kappa shape index (κ3) is 5.42. The number of nitrogens with zero attached hydrogens (tertiary/aromatic N) is 5. The zero-order valence-corrected chi connectivity index (χ0v) is 22.5. The Labute approximate surface area is 211 Å². The van der Waals surface area contributed by atoms with E-state index in [0.717, 1.165) is 11.3 Å². The Morgan fingerprint density at radius 1 is 1.38 bits per heavy atom. The maximum Gasteiger partial charge on any atom is 0.480 e. The first-order valence-corrected chi connectivity index (χ1v) is 14.1. The molecule has 37 heavy (non-hydrogen) atoms. The molecule has 2 aromatic rings. The molecule has 2 aromatic heterocycles. The van der Waals surface area contributed by atoms with E-state index < -0.39 is 60.2 Å². The third-order valence-electron chi connectivity index (χ3n) is 5.37. The highest BCUT2D eigenvalue weighted by Gasteiger charge is 2.64. The molecule has 17 nitrogen and oxygen atoms in total. The normalized spacial score (nSPS) is 30.0. The number of carbonyl (C=O) groups is 1. The molecule has 0 aromatic carbocycles. The number of imidazole rings is 1. The van der Waals surface area contributed by atoms with Crippen LogP contribution in [0.2, 0.25) is 0 Å². The number of anilines is 2. The summed E-state index contributed by atoms with van der Waals surface area (Å²) in [6.45, 7) is 5.57. The van der Waals surface area contributed by atoms with Crippen molar-refractivity contribution in [3.8, 4) is 0 Å². The van der Waals surface area contributed by atoms with E-state index in [4.69, 9.17) is 28.8 Å². The van der Waals surface area contributed by atoms with Gasteiger partial charge in [0.05, 0.1) is 18.0 Å². The Hall–Kier alpha value is -2.44. The highest BCUT2D eigenvalue weighted by Crippen LogP contribution is 2.63. The summed E-state index contributed by atoms with van der Waals surface area (Å²) in [5.74, 6) is -0.758. The van der Waals surface area contributed by atoms with Crippen LogP contribution in [0.15, 0.2) is 6.33 Å². The fourth-order valence-corrected chi connectivity index (χ4v) is 5.61. The molecule has 0 aliphatic carbocycles. The number of hydrazine groups is 1. The third-order valence-corrected chi connectivity index (χ3v) is 7.35. The second kappa shape index (κ2) is 9.09. The van der Waals surface area contributed by atoms with Crippen LogP contribution in [0, 0.1) is 5.41 Å². The van der Waals surface area contributed by atoms with E-state index in [1.165, 1.54) is 24.9 Å². The molecule has 0 saturated carbocycles. The van der Waals surface area contributed by atoms with Crippen LogP contribution < -0.4 is 15.6 Å². The average molecular weight is 566 g/mol. The van der Waals surface area contributed by atoms with Crippen molar-refractivity contribution < 1.29 is 45.9 Å². The number of nitrogens with two attached hydrogens (primary N) is 1. The number of nitrogens with one attached hydrogen (secondary N) is 1. The summed E-state index contributed by atoms with van der Waals surface area (Å²) in [6, 6.07) is 0. The summed E-state index contributed by atoms with van der Waals surface area (Å²) < 4.78 is 64.0. The van der Waals surface area contributed by atoms with Gasteiger partial charge < -0.3 is 20.3 Å². The molecule has 0 bridgehead atoms. The van der Waals surface area contributed by atoms with Crippen LogP contribution in [0.3, 0.4) is 0 Å². The molecule has 0 radical (unpaired) electrons. The van der Waals surface area contributed by atoms with Crippen LogP contribution in [0.4, 0.5) is 11.8 Å². The number of carbonyl (C=O) groups excluding carboxylic acids is 1. The first kappa shape index (κ1) is 27.6. The largest absolute Gasteiger partial charge is 0.480 e. The summed E-state index contributed by atoms with van der Waals surface area (Å²) in [5.41, 5.74) is 3.42. The zero-order valence-electron chi connectivity index (χ0n) is 20.8. The second-order valence-corrected chi connectivity index (χ2v) is 13.0. The number of phosphoric acid groups is 1. The van der Waals surface area contributed by atoms with Crippen LogP contribution in [-0.2, 0) is 42.4 Å². The minimum atomic E-state index is -4.24. The maximum atomic E-state index is 12.9. The molecule has 2 aliphatic rings. The van der Waals surface area contributed by atoms with Crippen molar-refractivity contribution in [2.45, 2.75) is 51.9 Å².